The van der Waals surface area contributed by atoms with Gasteiger partial charge in [0.1, 0.15) is 5.75 Å². The summed E-state index contributed by atoms with van der Waals surface area (Å²) in [6.07, 6.45) is 2.17. The maximum absolute atomic E-state index is 15.0. The summed E-state index contributed by atoms with van der Waals surface area (Å²) in [4.78, 5) is 70.1. The first-order valence-electron chi connectivity index (χ1n) is 14.0. The minimum Gasteiger partial charge on any atom is -0.508 e. The summed E-state index contributed by atoms with van der Waals surface area (Å²) in [6.45, 7) is 0. The number of benzene rings is 3. The zero-order valence-electron chi connectivity index (χ0n) is 22.7. The van der Waals surface area contributed by atoms with Gasteiger partial charge in [-0.2, -0.15) is 4.90 Å². The molecule has 3 fully saturated rings. The standard InChI is InChI=1S/C33H26ClN3O6/c34-19-7-4-8-20(15-19)36-29(40)25-16-24-22(13-14-23-26(24)30(41)37(28(23)39)32(35)43)27(17-9-11-21(38)12-10-17)33(25,31(36)42)18-5-2-1-3-6-18/h1-13,15,23-27,38H,14,16H2,(H2,35,43)/t23-,24+,25-,26-,27-,33+/m0/s1. The van der Waals surface area contributed by atoms with Crippen molar-refractivity contribution < 1.29 is 29.1 Å². The number of nitrogens with two attached hydrogens (primary N) is 1. The Bertz CT molecular complexity index is 1760. The molecule has 0 unspecified atom stereocenters. The van der Waals surface area contributed by atoms with Gasteiger partial charge >= 0.3 is 6.03 Å². The van der Waals surface area contributed by atoms with Crippen molar-refractivity contribution in [3.63, 3.8) is 0 Å². The number of carbonyl (C=O) groups is 5. The lowest BCUT2D eigenvalue weighted by Gasteiger charge is -2.50. The van der Waals surface area contributed by atoms with Gasteiger partial charge in [0.25, 0.3) is 0 Å². The molecule has 6 amide bonds. The number of phenolic OH excluding ortho intramolecular Hbond substituents is 1. The lowest BCUT2D eigenvalue weighted by Crippen LogP contribution is -2.53. The van der Waals surface area contributed by atoms with E-state index in [4.69, 9.17) is 17.3 Å². The molecular formula is C33H26ClN3O6. The van der Waals surface area contributed by atoms with Crippen LogP contribution >= 0.6 is 11.6 Å². The number of nitrogens with zero attached hydrogens (tertiary/aromatic N) is 2. The van der Waals surface area contributed by atoms with E-state index in [0.29, 0.717) is 26.7 Å². The van der Waals surface area contributed by atoms with Gasteiger partial charge in [-0.25, -0.2) is 9.69 Å². The molecule has 216 valence electrons. The van der Waals surface area contributed by atoms with Gasteiger partial charge in [-0.1, -0.05) is 71.8 Å². The number of carbonyl (C=O) groups excluding carboxylic acids is 5. The van der Waals surface area contributed by atoms with Gasteiger partial charge < -0.3 is 10.8 Å². The lowest BCUT2D eigenvalue weighted by molar-refractivity contribution is -0.136. The van der Waals surface area contributed by atoms with Crippen molar-refractivity contribution in [2.45, 2.75) is 24.2 Å². The molecule has 2 aliphatic carbocycles. The van der Waals surface area contributed by atoms with Crippen LogP contribution in [0.2, 0.25) is 5.02 Å². The Morgan fingerprint density at radius 2 is 1.60 bits per heavy atom. The lowest BCUT2D eigenvalue weighted by atomic mass is 9.49. The number of amides is 6. The zero-order chi connectivity index (χ0) is 30.2. The smallest absolute Gasteiger partial charge is 0.328 e. The highest BCUT2D eigenvalue weighted by atomic mass is 35.5. The molecular weight excluding hydrogens is 570 g/mol. The Hall–Kier alpha value is -4.76. The van der Waals surface area contributed by atoms with Gasteiger partial charge in [0.05, 0.1) is 28.9 Å². The first-order valence-corrected chi connectivity index (χ1v) is 14.4. The molecule has 2 aliphatic heterocycles. The van der Waals surface area contributed by atoms with Crippen LogP contribution in [0.5, 0.6) is 5.75 Å². The van der Waals surface area contributed by atoms with Gasteiger partial charge in [-0.3, -0.25) is 19.2 Å². The predicted octanol–water partition coefficient (Wildman–Crippen LogP) is 4.29. The number of halogens is 1. The van der Waals surface area contributed by atoms with Crippen LogP contribution in [-0.4, -0.2) is 39.7 Å². The Labute approximate surface area is 251 Å². The number of hydrogen-bond acceptors (Lipinski definition) is 6. The Kier molecular flexibility index (Phi) is 6.07. The fraction of sp³-hybridized carbons (Fsp3) is 0.242. The number of rotatable bonds is 3. The van der Waals surface area contributed by atoms with E-state index in [1.807, 2.05) is 36.4 Å². The Morgan fingerprint density at radius 1 is 0.884 bits per heavy atom. The molecule has 9 nitrogen and oxygen atoms in total. The third-order valence-corrected chi connectivity index (χ3v) is 9.85. The second kappa shape index (κ2) is 9.64. The van der Waals surface area contributed by atoms with Crippen molar-refractivity contribution in [1.82, 2.24) is 4.90 Å². The highest BCUT2D eigenvalue weighted by Crippen LogP contribution is 2.64. The highest BCUT2D eigenvalue weighted by molar-refractivity contribution is 6.32. The largest absolute Gasteiger partial charge is 0.508 e. The van der Waals surface area contributed by atoms with E-state index < -0.39 is 64.7 Å². The molecule has 3 aromatic carbocycles. The first-order chi connectivity index (χ1) is 20.7. The van der Waals surface area contributed by atoms with Gasteiger partial charge in [-0.15, -0.1) is 0 Å². The van der Waals surface area contributed by atoms with Gasteiger partial charge in [0.2, 0.25) is 23.6 Å². The molecule has 2 saturated heterocycles. The molecule has 2 heterocycles. The quantitative estimate of drug-likeness (QED) is 0.342. The molecule has 3 N–H and O–H groups in total. The van der Waals surface area contributed by atoms with Crippen molar-refractivity contribution in [2.75, 3.05) is 4.90 Å². The van der Waals surface area contributed by atoms with E-state index in [2.05, 4.69) is 0 Å². The minimum atomic E-state index is -1.41. The van der Waals surface area contributed by atoms with Crippen LogP contribution in [0, 0.1) is 23.7 Å². The molecule has 7 rings (SSSR count). The summed E-state index contributed by atoms with van der Waals surface area (Å²) < 4.78 is 0. The molecule has 0 bridgehead atoms. The topological polar surface area (TPSA) is 138 Å². The number of imide groups is 4. The SMILES string of the molecule is NC(=O)N1C(=O)[C@H]2[C@H](CC=C3[C@H]2C[C@H]2C(=O)N(c4cccc(Cl)c4)C(=O)[C@@]2(c2ccccc2)[C@H]3c2ccc(O)cc2)C1=O. The van der Waals surface area contributed by atoms with E-state index in [-0.39, 0.29) is 18.6 Å². The highest BCUT2D eigenvalue weighted by Gasteiger charge is 2.70. The summed E-state index contributed by atoms with van der Waals surface area (Å²) in [5, 5.41) is 10.5. The maximum atomic E-state index is 15.0. The van der Waals surface area contributed by atoms with Crippen LogP contribution in [0.4, 0.5) is 10.5 Å². The summed E-state index contributed by atoms with van der Waals surface area (Å²) in [6, 6.07) is 21.0. The number of fused-ring (bicyclic) bond motifs is 4. The third-order valence-electron chi connectivity index (χ3n) is 9.61. The van der Waals surface area contributed by atoms with E-state index >= 15 is 0 Å². The van der Waals surface area contributed by atoms with Crippen molar-refractivity contribution in [3.8, 4) is 5.75 Å². The number of urea groups is 1. The van der Waals surface area contributed by atoms with Crippen LogP contribution < -0.4 is 10.6 Å². The number of anilines is 1. The summed E-state index contributed by atoms with van der Waals surface area (Å²) in [7, 11) is 0. The maximum Gasteiger partial charge on any atom is 0.328 e. The van der Waals surface area contributed by atoms with Crippen molar-refractivity contribution in [2.24, 2.45) is 29.4 Å². The van der Waals surface area contributed by atoms with Gasteiger partial charge in [-0.05, 0) is 60.2 Å². The number of allylic oxidation sites excluding steroid dienone is 2. The number of primary amides is 1. The Balaban J connectivity index is 1.49. The molecule has 1 saturated carbocycles. The normalized spacial score (nSPS) is 29.7. The average molecular weight is 596 g/mol. The monoisotopic (exact) mass is 595 g/mol. The molecule has 3 aromatic rings. The molecule has 43 heavy (non-hydrogen) atoms. The summed E-state index contributed by atoms with van der Waals surface area (Å²) in [5.41, 5.74) is 6.40. The molecule has 6 atom stereocenters. The van der Waals surface area contributed by atoms with Crippen LogP contribution in [0.3, 0.4) is 0 Å². The van der Waals surface area contributed by atoms with E-state index in [0.717, 1.165) is 5.57 Å². The van der Waals surface area contributed by atoms with Crippen LogP contribution in [0.1, 0.15) is 29.9 Å². The number of phenols is 1. The Morgan fingerprint density at radius 3 is 2.28 bits per heavy atom. The second-order valence-corrected chi connectivity index (χ2v) is 12.0. The number of aromatic hydroxyl groups is 1. The van der Waals surface area contributed by atoms with Crippen LogP contribution in [-0.2, 0) is 24.6 Å². The first kappa shape index (κ1) is 27.1. The molecule has 0 radical (unpaired) electrons. The molecule has 10 heteroatoms. The number of hydrogen-bond donors (Lipinski definition) is 2. The zero-order valence-corrected chi connectivity index (χ0v) is 23.5. The summed E-state index contributed by atoms with van der Waals surface area (Å²) in [5.74, 6) is -6.14. The predicted molar refractivity (Wildman–Crippen MR) is 156 cm³/mol. The van der Waals surface area contributed by atoms with Crippen LogP contribution in [0.25, 0.3) is 0 Å². The van der Waals surface area contributed by atoms with Crippen LogP contribution in [0.15, 0.2) is 90.5 Å². The van der Waals surface area contributed by atoms with E-state index in [1.165, 1.54) is 17.0 Å². The summed E-state index contributed by atoms with van der Waals surface area (Å²) >= 11 is 6.30. The fourth-order valence-electron chi connectivity index (χ4n) is 8.00. The molecule has 0 spiro atoms. The van der Waals surface area contributed by atoms with E-state index in [1.54, 1.807) is 36.4 Å². The molecule has 0 aromatic heterocycles. The van der Waals surface area contributed by atoms with Crippen molar-refractivity contribution in [3.05, 3.63) is 107 Å². The van der Waals surface area contributed by atoms with Crippen molar-refractivity contribution in [1.29, 1.82) is 0 Å². The average Bonchev–Trinajstić information content (AvgIpc) is 3.39. The molecule has 4 aliphatic rings. The van der Waals surface area contributed by atoms with Gasteiger partial charge in [0, 0.05) is 10.9 Å². The van der Waals surface area contributed by atoms with Crippen molar-refractivity contribution >= 4 is 46.9 Å². The third kappa shape index (κ3) is 3.67. The van der Waals surface area contributed by atoms with E-state index in [9.17, 15) is 29.1 Å². The fourth-order valence-corrected chi connectivity index (χ4v) is 8.19. The minimum absolute atomic E-state index is 0.0298. The van der Waals surface area contributed by atoms with Gasteiger partial charge in [0.15, 0.2) is 0 Å². The second-order valence-electron chi connectivity index (χ2n) is 11.5. The number of likely N-dealkylation sites (tertiary alicyclic amines) is 1.